The summed E-state index contributed by atoms with van der Waals surface area (Å²) in [5.41, 5.74) is 2.24. The smallest absolute Gasteiger partial charge is 0.255 e. The molecule has 0 bridgehead atoms. The first-order chi connectivity index (χ1) is 8.56. The summed E-state index contributed by atoms with van der Waals surface area (Å²) in [7, 11) is 0. The fourth-order valence-corrected chi connectivity index (χ4v) is 1.95. The van der Waals surface area contributed by atoms with Gasteiger partial charge in [-0.15, -0.1) is 0 Å². The van der Waals surface area contributed by atoms with Gasteiger partial charge in [-0.1, -0.05) is 40.9 Å². The molecule has 2 aromatic carbocycles. The number of rotatable bonds is 2. The molecule has 1 amide bonds. The van der Waals surface area contributed by atoms with E-state index in [9.17, 15) is 4.79 Å². The first-order valence-electron chi connectivity index (χ1n) is 5.39. The Bertz CT molecular complexity index is 579. The molecule has 1 N–H and O–H groups in total. The van der Waals surface area contributed by atoms with Crippen LogP contribution >= 0.6 is 23.2 Å². The lowest BCUT2D eigenvalue weighted by molar-refractivity contribution is 0.102. The number of carbonyl (C=O) groups is 1. The average Bonchev–Trinajstić information content (AvgIpc) is 2.33. The average molecular weight is 280 g/mol. The van der Waals surface area contributed by atoms with E-state index in [4.69, 9.17) is 23.2 Å². The highest BCUT2D eigenvalue weighted by Crippen LogP contribution is 2.25. The zero-order valence-corrected chi connectivity index (χ0v) is 11.2. The summed E-state index contributed by atoms with van der Waals surface area (Å²) in [6, 6.07) is 12.3. The maximum absolute atomic E-state index is 12.0. The van der Waals surface area contributed by atoms with Crippen molar-refractivity contribution in [3.05, 3.63) is 63.6 Å². The normalized spacial score (nSPS) is 10.2. The van der Waals surface area contributed by atoms with Gasteiger partial charge in [-0.05, 0) is 37.3 Å². The summed E-state index contributed by atoms with van der Waals surface area (Å²) >= 11 is 11.8. The molecule has 0 radical (unpaired) electrons. The van der Waals surface area contributed by atoms with Crippen molar-refractivity contribution in [1.82, 2.24) is 0 Å². The Morgan fingerprint density at radius 2 is 1.72 bits per heavy atom. The van der Waals surface area contributed by atoms with Gasteiger partial charge in [-0.3, -0.25) is 4.79 Å². The fourth-order valence-electron chi connectivity index (χ4n) is 1.49. The molecule has 92 valence electrons. The van der Waals surface area contributed by atoms with Gasteiger partial charge in [0.15, 0.2) is 0 Å². The van der Waals surface area contributed by atoms with Crippen LogP contribution in [0.3, 0.4) is 0 Å². The van der Waals surface area contributed by atoms with E-state index in [1.165, 1.54) is 0 Å². The first kappa shape index (κ1) is 12.9. The summed E-state index contributed by atoms with van der Waals surface area (Å²) in [5, 5.41) is 3.70. The highest BCUT2D eigenvalue weighted by atomic mass is 35.5. The summed E-state index contributed by atoms with van der Waals surface area (Å²) in [6.07, 6.45) is 0. The number of benzene rings is 2. The van der Waals surface area contributed by atoms with Crippen molar-refractivity contribution >= 4 is 34.8 Å². The number of amides is 1. The third-order valence-corrected chi connectivity index (χ3v) is 3.04. The van der Waals surface area contributed by atoms with Crippen molar-refractivity contribution in [2.75, 3.05) is 5.32 Å². The highest BCUT2D eigenvalue weighted by molar-refractivity contribution is 6.36. The van der Waals surface area contributed by atoms with E-state index in [-0.39, 0.29) is 5.91 Å². The maximum Gasteiger partial charge on any atom is 0.255 e. The van der Waals surface area contributed by atoms with Crippen molar-refractivity contribution in [2.45, 2.75) is 6.92 Å². The molecule has 0 aliphatic heterocycles. The molecular weight excluding hydrogens is 269 g/mol. The molecule has 0 spiro atoms. The number of carbonyl (C=O) groups excluding carboxylic acids is 1. The van der Waals surface area contributed by atoms with Crippen molar-refractivity contribution in [3.63, 3.8) is 0 Å². The lowest BCUT2D eigenvalue weighted by Crippen LogP contribution is -2.12. The van der Waals surface area contributed by atoms with Crippen molar-refractivity contribution in [2.24, 2.45) is 0 Å². The lowest BCUT2D eigenvalue weighted by Gasteiger charge is -2.07. The van der Waals surface area contributed by atoms with Gasteiger partial charge >= 0.3 is 0 Å². The molecule has 2 rings (SSSR count). The Labute approximate surface area is 116 Å². The van der Waals surface area contributed by atoms with Crippen LogP contribution in [0.1, 0.15) is 15.9 Å². The van der Waals surface area contributed by atoms with Crippen molar-refractivity contribution < 1.29 is 4.79 Å². The second kappa shape index (κ2) is 5.42. The van der Waals surface area contributed by atoms with Gasteiger partial charge < -0.3 is 5.32 Å². The summed E-state index contributed by atoms with van der Waals surface area (Å²) in [6.45, 7) is 1.97. The third kappa shape index (κ3) is 3.03. The largest absolute Gasteiger partial charge is 0.321 e. The maximum atomic E-state index is 12.0. The minimum atomic E-state index is -0.195. The van der Waals surface area contributed by atoms with Crippen LogP contribution in [-0.4, -0.2) is 5.91 Å². The Morgan fingerprint density at radius 3 is 2.33 bits per heavy atom. The van der Waals surface area contributed by atoms with Gasteiger partial charge in [0.2, 0.25) is 0 Å². The molecule has 2 nitrogen and oxygen atoms in total. The lowest BCUT2D eigenvalue weighted by atomic mass is 10.1. The minimum absolute atomic E-state index is 0.195. The molecule has 0 aliphatic carbocycles. The Kier molecular flexibility index (Phi) is 3.90. The van der Waals surface area contributed by atoms with E-state index in [1.54, 1.807) is 30.3 Å². The highest BCUT2D eigenvalue weighted by Gasteiger charge is 2.08. The molecule has 0 fully saturated rings. The quantitative estimate of drug-likeness (QED) is 0.858. The van der Waals surface area contributed by atoms with E-state index in [0.29, 0.717) is 21.3 Å². The first-order valence-corrected chi connectivity index (χ1v) is 6.15. The van der Waals surface area contributed by atoms with Crippen LogP contribution in [0.2, 0.25) is 10.0 Å². The number of hydrogen-bond donors (Lipinski definition) is 1. The van der Waals surface area contributed by atoms with Gasteiger partial charge in [0, 0.05) is 10.6 Å². The number of nitrogens with one attached hydrogen (secondary N) is 1. The van der Waals surface area contributed by atoms with Crippen LogP contribution in [-0.2, 0) is 0 Å². The van der Waals surface area contributed by atoms with Gasteiger partial charge in [-0.25, -0.2) is 0 Å². The standard InChI is InChI=1S/C14H11Cl2NO/c1-9-2-4-10(5-3-9)14(18)17-13-7-6-11(15)8-12(13)16/h2-8H,1H3,(H,17,18). The van der Waals surface area contributed by atoms with Crippen molar-refractivity contribution in [1.29, 1.82) is 0 Å². The zero-order chi connectivity index (χ0) is 13.1. The zero-order valence-electron chi connectivity index (χ0n) is 9.71. The van der Waals surface area contributed by atoms with E-state index < -0.39 is 0 Å². The molecule has 0 saturated carbocycles. The van der Waals surface area contributed by atoms with Crippen LogP contribution in [0.25, 0.3) is 0 Å². The Hall–Kier alpha value is -1.51. The molecule has 4 heteroatoms. The SMILES string of the molecule is Cc1ccc(C(=O)Nc2ccc(Cl)cc2Cl)cc1. The third-order valence-electron chi connectivity index (χ3n) is 2.49. The second-order valence-corrected chi connectivity index (χ2v) is 4.79. The molecule has 0 aromatic heterocycles. The topological polar surface area (TPSA) is 29.1 Å². The van der Waals surface area contributed by atoms with Gasteiger partial charge in [0.1, 0.15) is 0 Å². The van der Waals surface area contributed by atoms with Crippen LogP contribution in [0.4, 0.5) is 5.69 Å². The molecular formula is C14H11Cl2NO. The number of halogens is 2. The molecule has 0 heterocycles. The number of hydrogen-bond acceptors (Lipinski definition) is 1. The number of anilines is 1. The Morgan fingerprint density at radius 1 is 1.06 bits per heavy atom. The second-order valence-electron chi connectivity index (χ2n) is 3.94. The predicted molar refractivity (Wildman–Crippen MR) is 75.6 cm³/mol. The van der Waals surface area contributed by atoms with Crippen molar-refractivity contribution in [3.8, 4) is 0 Å². The Balaban J connectivity index is 2.18. The van der Waals surface area contributed by atoms with Gasteiger partial charge in [0.05, 0.1) is 10.7 Å². The van der Waals surface area contributed by atoms with Crippen LogP contribution in [0.5, 0.6) is 0 Å². The summed E-state index contributed by atoms with van der Waals surface area (Å²) < 4.78 is 0. The van der Waals surface area contributed by atoms with Gasteiger partial charge in [-0.2, -0.15) is 0 Å². The fraction of sp³-hybridized carbons (Fsp3) is 0.0714. The van der Waals surface area contributed by atoms with E-state index in [0.717, 1.165) is 5.56 Å². The summed E-state index contributed by atoms with van der Waals surface area (Å²) in [5.74, 6) is -0.195. The monoisotopic (exact) mass is 279 g/mol. The van der Waals surface area contributed by atoms with Crippen LogP contribution in [0, 0.1) is 6.92 Å². The van der Waals surface area contributed by atoms with E-state index >= 15 is 0 Å². The number of aryl methyl sites for hydroxylation is 1. The molecule has 2 aromatic rings. The molecule has 0 aliphatic rings. The molecule has 18 heavy (non-hydrogen) atoms. The molecule has 0 saturated heterocycles. The molecule has 0 atom stereocenters. The summed E-state index contributed by atoms with van der Waals surface area (Å²) in [4.78, 5) is 12.0. The van der Waals surface area contributed by atoms with Crippen LogP contribution < -0.4 is 5.32 Å². The van der Waals surface area contributed by atoms with E-state index in [1.807, 2.05) is 19.1 Å². The van der Waals surface area contributed by atoms with E-state index in [2.05, 4.69) is 5.32 Å². The molecule has 0 unspecified atom stereocenters. The predicted octanol–water partition coefficient (Wildman–Crippen LogP) is 4.55. The minimum Gasteiger partial charge on any atom is -0.321 e. The van der Waals surface area contributed by atoms with Crippen LogP contribution in [0.15, 0.2) is 42.5 Å². The van der Waals surface area contributed by atoms with Gasteiger partial charge in [0.25, 0.3) is 5.91 Å².